The molecule has 0 saturated heterocycles. The molecule has 2 atom stereocenters. The van der Waals surface area contributed by atoms with Crippen molar-refractivity contribution in [1.82, 2.24) is 0 Å². The Labute approximate surface area is 121 Å². The molecule has 0 radical (unpaired) electrons. The maximum absolute atomic E-state index is 11.7. The molecule has 1 fully saturated rings. The molecule has 0 spiro atoms. The van der Waals surface area contributed by atoms with Crippen LogP contribution < -0.4 is 9.88 Å². The average molecular weight is 297 g/mol. The Bertz CT molecular complexity index is 568. The lowest BCUT2D eigenvalue weighted by atomic mass is 9.85. The molecule has 2 N–H and O–H groups in total. The monoisotopic (exact) mass is 297 g/mol. The number of hydrogen-bond donors (Lipinski definition) is 1. The van der Waals surface area contributed by atoms with Crippen LogP contribution in [0.3, 0.4) is 0 Å². The Morgan fingerprint density at radius 1 is 1.35 bits per heavy atom. The van der Waals surface area contributed by atoms with E-state index in [-0.39, 0.29) is 11.0 Å². The second kappa shape index (κ2) is 6.14. The third-order valence-electron chi connectivity index (χ3n) is 4.01. The van der Waals surface area contributed by atoms with Crippen LogP contribution in [0.15, 0.2) is 23.1 Å². The highest BCUT2D eigenvalue weighted by atomic mass is 32.2. The van der Waals surface area contributed by atoms with Gasteiger partial charge in [0, 0.05) is 0 Å². The Balaban J connectivity index is 2.21. The Kier molecular flexibility index (Phi) is 4.70. The van der Waals surface area contributed by atoms with Crippen LogP contribution in [0.2, 0.25) is 0 Å². The number of rotatable bonds is 4. The quantitative estimate of drug-likeness (QED) is 0.928. The van der Waals surface area contributed by atoms with Gasteiger partial charge in [0.05, 0.1) is 6.10 Å². The lowest BCUT2D eigenvalue weighted by Crippen LogP contribution is -2.26. The fourth-order valence-corrected chi connectivity index (χ4v) is 3.58. The van der Waals surface area contributed by atoms with Gasteiger partial charge in [0.15, 0.2) is 0 Å². The molecule has 2 rings (SSSR count). The van der Waals surface area contributed by atoms with Crippen LogP contribution in [0, 0.1) is 12.8 Å². The summed E-state index contributed by atoms with van der Waals surface area (Å²) in [7, 11) is -3.75. The minimum Gasteiger partial charge on any atom is -0.489 e. The van der Waals surface area contributed by atoms with Gasteiger partial charge in [0.2, 0.25) is 10.0 Å². The molecule has 1 aromatic carbocycles. The van der Waals surface area contributed by atoms with Crippen molar-refractivity contribution in [1.29, 1.82) is 0 Å². The van der Waals surface area contributed by atoms with E-state index in [0.717, 1.165) is 31.2 Å². The van der Waals surface area contributed by atoms with Crippen molar-refractivity contribution in [2.24, 2.45) is 11.1 Å². The molecule has 2 unspecified atom stereocenters. The first-order valence-corrected chi connectivity index (χ1v) is 8.75. The predicted octanol–water partition coefficient (Wildman–Crippen LogP) is 2.99. The minimum absolute atomic E-state index is 0.0936. The molecule has 0 amide bonds. The summed E-state index contributed by atoms with van der Waals surface area (Å²) >= 11 is 0. The predicted molar refractivity (Wildman–Crippen MR) is 79.2 cm³/mol. The molecule has 5 heteroatoms. The maximum Gasteiger partial charge on any atom is 0.241 e. The normalized spacial score (nSPS) is 23.6. The van der Waals surface area contributed by atoms with Gasteiger partial charge in [-0.25, -0.2) is 13.6 Å². The van der Waals surface area contributed by atoms with E-state index in [2.05, 4.69) is 6.92 Å². The Morgan fingerprint density at radius 3 is 2.75 bits per heavy atom. The number of benzene rings is 1. The number of hydrogen-bond acceptors (Lipinski definition) is 3. The van der Waals surface area contributed by atoms with Crippen LogP contribution in [-0.2, 0) is 10.0 Å². The zero-order valence-electron chi connectivity index (χ0n) is 12.1. The van der Waals surface area contributed by atoms with Gasteiger partial charge in [0.1, 0.15) is 10.6 Å². The van der Waals surface area contributed by atoms with E-state index >= 15 is 0 Å². The standard InChI is InChI=1S/C15H23NO3S/c1-3-12-5-4-6-13(10-12)19-14-8-7-11(2)9-15(14)20(16,17)18/h7-9,12-13H,3-6,10H2,1-2H3,(H2,16,17,18). The van der Waals surface area contributed by atoms with Crippen molar-refractivity contribution in [3.05, 3.63) is 23.8 Å². The van der Waals surface area contributed by atoms with E-state index in [9.17, 15) is 8.42 Å². The number of aryl methyl sites for hydroxylation is 1. The zero-order valence-corrected chi connectivity index (χ0v) is 12.9. The molecule has 1 aromatic rings. The van der Waals surface area contributed by atoms with E-state index in [4.69, 9.17) is 9.88 Å². The summed E-state index contributed by atoms with van der Waals surface area (Å²) < 4.78 is 29.3. The van der Waals surface area contributed by atoms with E-state index < -0.39 is 10.0 Å². The lowest BCUT2D eigenvalue weighted by molar-refractivity contribution is 0.119. The van der Waals surface area contributed by atoms with E-state index in [1.807, 2.05) is 13.0 Å². The summed E-state index contributed by atoms with van der Waals surface area (Å²) in [6.45, 7) is 4.03. The summed E-state index contributed by atoms with van der Waals surface area (Å²) in [5.74, 6) is 1.07. The van der Waals surface area contributed by atoms with Crippen molar-refractivity contribution >= 4 is 10.0 Å². The van der Waals surface area contributed by atoms with Gasteiger partial charge >= 0.3 is 0 Å². The maximum atomic E-state index is 11.7. The second-order valence-corrected chi connectivity index (χ2v) is 7.21. The smallest absolute Gasteiger partial charge is 0.241 e. The highest BCUT2D eigenvalue weighted by molar-refractivity contribution is 7.89. The highest BCUT2D eigenvalue weighted by Crippen LogP contribution is 2.32. The fourth-order valence-electron chi connectivity index (χ4n) is 2.83. The van der Waals surface area contributed by atoms with Gasteiger partial charge < -0.3 is 4.74 Å². The molecule has 1 aliphatic rings. The third kappa shape index (κ3) is 3.73. The molecule has 20 heavy (non-hydrogen) atoms. The van der Waals surface area contributed by atoms with Crippen LogP contribution in [0.25, 0.3) is 0 Å². The SMILES string of the molecule is CCC1CCCC(Oc2ccc(C)cc2S(N)(=O)=O)C1. The van der Waals surface area contributed by atoms with E-state index in [1.165, 1.54) is 6.42 Å². The van der Waals surface area contributed by atoms with Gasteiger partial charge in [0.25, 0.3) is 0 Å². The summed E-state index contributed by atoms with van der Waals surface area (Å²) in [6, 6.07) is 5.14. The van der Waals surface area contributed by atoms with Crippen molar-refractivity contribution in [2.45, 2.75) is 57.0 Å². The molecule has 112 valence electrons. The van der Waals surface area contributed by atoms with Crippen molar-refractivity contribution in [3.63, 3.8) is 0 Å². The number of primary sulfonamides is 1. The minimum atomic E-state index is -3.75. The van der Waals surface area contributed by atoms with E-state index in [1.54, 1.807) is 12.1 Å². The van der Waals surface area contributed by atoms with Gasteiger partial charge in [-0.15, -0.1) is 0 Å². The molecule has 0 aromatic heterocycles. The molecule has 0 aliphatic heterocycles. The first-order chi connectivity index (χ1) is 9.40. The van der Waals surface area contributed by atoms with Crippen LogP contribution >= 0.6 is 0 Å². The molecule has 0 heterocycles. The van der Waals surface area contributed by atoms with Crippen LogP contribution in [0.1, 0.15) is 44.6 Å². The Morgan fingerprint density at radius 2 is 2.10 bits per heavy atom. The third-order valence-corrected chi connectivity index (χ3v) is 4.94. The van der Waals surface area contributed by atoms with Gasteiger partial charge in [-0.3, -0.25) is 0 Å². The number of nitrogens with two attached hydrogens (primary N) is 1. The van der Waals surface area contributed by atoms with Crippen LogP contribution in [0.4, 0.5) is 0 Å². The Hall–Kier alpha value is -1.07. The summed E-state index contributed by atoms with van der Waals surface area (Å²) in [5, 5.41) is 5.28. The van der Waals surface area contributed by atoms with E-state index in [0.29, 0.717) is 11.7 Å². The zero-order chi connectivity index (χ0) is 14.8. The van der Waals surface area contributed by atoms with Crippen LogP contribution in [-0.4, -0.2) is 14.5 Å². The van der Waals surface area contributed by atoms with Crippen molar-refractivity contribution in [2.75, 3.05) is 0 Å². The largest absolute Gasteiger partial charge is 0.489 e. The average Bonchev–Trinajstić information content (AvgIpc) is 2.40. The summed E-state index contributed by atoms with van der Waals surface area (Å²) in [5.41, 5.74) is 0.858. The van der Waals surface area contributed by atoms with Gasteiger partial charge in [-0.2, -0.15) is 0 Å². The molecular weight excluding hydrogens is 274 g/mol. The second-order valence-electron chi connectivity index (χ2n) is 5.68. The number of ether oxygens (including phenoxy) is 1. The topological polar surface area (TPSA) is 69.4 Å². The molecule has 1 aliphatic carbocycles. The number of sulfonamides is 1. The van der Waals surface area contributed by atoms with Crippen molar-refractivity contribution < 1.29 is 13.2 Å². The lowest BCUT2D eigenvalue weighted by Gasteiger charge is -2.29. The molecule has 4 nitrogen and oxygen atoms in total. The van der Waals surface area contributed by atoms with Gasteiger partial charge in [-0.1, -0.05) is 25.8 Å². The molecule has 0 bridgehead atoms. The fraction of sp³-hybridized carbons (Fsp3) is 0.600. The first-order valence-electron chi connectivity index (χ1n) is 7.20. The van der Waals surface area contributed by atoms with Gasteiger partial charge in [-0.05, 0) is 49.8 Å². The van der Waals surface area contributed by atoms with Crippen molar-refractivity contribution in [3.8, 4) is 5.75 Å². The summed E-state index contributed by atoms with van der Waals surface area (Å²) in [6.07, 6.45) is 5.60. The molecule has 1 saturated carbocycles. The first kappa shape index (κ1) is 15.3. The molecular formula is C15H23NO3S. The highest BCUT2D eigenvalue weighted by Gasteiger charge is 2.24. The van der Waals surface area contributed by atoms with Crippen LogP contribution in [0.5, 0.6) is 5.75 Å². The summed E-state index contributed by atoms with van der Waals surface area (Å²) in [4.78, 5) is 0.0936.